The predicted octanol–water partition coefficient (Wildman–Crippen LogP) is -8.19. The molecule has 29 N–H and O–H groups in total. The van der Waals surface area contributed by atoms with E-state index < -0.39 is 212 Å². The minimum absolute atomic E-state index is 0.0168. The maximum absolute atomic E-state index is 14.6. The summed E-state index contributed by atoms with van der Waals surface area (Å²) in [5.41, 5.74) is 17.4. The van der Waals surface area contributed by atoms with Crippen LogP contribution in [0.2, 0.25) is 0 Å². The second-order valence-electron chi connectivity index (χ2n) is 24.8. The zero-order chi connectivity index (χ0) is 80.7. The van der Waals surface area contributed by atoms with Gasteiger partial charge in [0.05, 0.1) is 32.7 Å². The maximum Gasteiger partial charge on any atom is 0.322 e. The lowest BCUT2D eigenvalue weighted by atomic mass is 9.97. The van der Waals surface area contributed by atoms with Crippen molar-refractivity contribution in [3.8, 4) is 11.5 Å². The summed E-state index contributed by atoms with van der Waals surface area (Å²) in [6.45, 7) is 1.28. The fourth-order valence-electron chi connectivity index (χ4n) is 10.0. The monoisotopic (exact) mass is 1520 g/mol. The van der Waals surface area contributed by atoms with Crippen molar-refractivity contribution in [2.24, 2.45) is 23.1 Å². The quantitative estimate of drug-likeness (QED) is 0.0142. The molecule has 0 saturated heterocycles. The Kier molecular flexibility index (Phi) is 38.8. The van der Waals surface area contributed by atoms with Crippen molar-refractivity contribution in [1.29, 1.82) is 10.8 Å². The SMILES string of the molecule is CC[C@H](C)[C@H](NC(=O)[C@H](CCCNC(=N)N)NC(=O)[C@H](Cc1ccc(O)cc1)NC(=O)[C@H](CCCNC(=N)N)NC(=O)[C@H](CO)NC(=O)[C@H](Cc1ccc(O)cc1)NC(=O)[C@H](C)NC(=O)[C@H](C)NC(=O)[C@H](Cc1ccccc1)NC(=O)CNC(=O)[C@H](CO)NC(=O)[C@H](CC(=O)O)NC(=O)CN)C(=O)NCC(=O)O. The molecule has 0 unspecified atom stereocenters. The summed E-state index contributed by atoms with van der Waals surface area (Å²) in [4.78, 5) is 201. The van der Waals surface area contributed by atoms with E-state index in [1.165, 1.54) is 62.4 Å². The van der Waals surface area contributed by atoms with Gasteiger partial charge in [-0.25, -0.2) is 0 Å². The molecule has 0 aromatic heterocycles. The number of amides is 13. The highest BCUT2D eigenvalue weighted by Crippen LogP contribution is 2.16. The van der Waals surface area contributed by atoms with E-state index >= 15 is 0 Å². The molecule has 3 aromatic carbocycles. The Balaban J connectivity index is 1.89. The van der Waals surface area contributed by atoms with Crippen LogP contribution in [0.4, 0.5) is 0 Å². The molecule has 0 aliphatic carbocycles. The molecule has 3 aromatic rings. The van der Waals surface area contributed by atoms with Crippen LogP contribution in [0.15, 0.2) is 78.9 Å². The number of hydrogen-bond donors (Lipinski definition) is 26. The summed E-state index contributed by atoms with van der Waals surface area (Å²) in [6.07, 6.45) is -1.89. The number of aromatic hydroxyl groups is 2. The summed E-state index contributed by atoms with van der Waals surface area (Å²) in [6, 6.07) is 1.34. The number of nitrogens with two attached hydrogens (primary N) is 3. The second kappa shape index (κ2) is 46.5. The molecule has 41 nitrogen and oxygen atoms in total. The van der Waals surface area contributed by atoms with E-state index in [4.69, 9.17) is 28.0 Å². The summed E-state index contributed by atoms with van der Waals surface area (Å²) >= 11 is 0. The standard InChI is InChI=1S/C67H98N20O21/c1-5-34(2)54(65(108)76-31-53(96)97)87-59(102)43(14-10-24-74-67(71)72)81-61(104)46(27-39-17-21-41(91)22-18-39)84-58(101)42(13-9-23-73-66(69)70)82-64(107)49(33-89)86-62(105)45(26-38-15-19-40(90)20-16-38)83-56(99)36(4)77-55(98)35(3)78-60(103)44(25-37-11-7-6-8-12-37)80-51(93)30-75-57(100)48(32-88)85-63(106)47(28-52(94)95)79-50(92)29-68/h6-8,11-12,15-22,34-36,42-49,54,88-91H,5,9-10,13-14,23-33,68H2,1-4H3,(H,75,100)(H,76,108)(H,77,98)(H,78,103)(H,79,92)(H,80,93)(H,81,104)(H,82,107)(H,83,99)(H,84,101)(H,85,106)(H,86,105)(H,87,102)(H,94,95)(H,96,97)(H4,69,70,73)(H4,71,72,74)/t34-,35-,36-,42-,43-,44-,45-,46-,47-,48-,49-,54-/m0/s1. The topological polar surface area (TPSA) is 684 Å². The predicted molar refractivity (Wildman–Crippen MR) is 383 cm³/mol. The zero-order valence-corrected chi connectivity index (χ0v) is 59.8. The lowest BCUT2D eigenvalue weighted by Crippen LogP contribution is -2.61. The number of aliphatic hydroxyl groups is 2. The lowest BCUT2D eigenvalue weighted by Gasteiger charge is -2.28. The minimum atomic E-state index is -1.92. The van der Waals surface area contributed by atoms with Gasteiger partial charge in [0.15, 0.2) is 11.9 Å². The van der Waals surface area contributed by atoms with Gasteiger partial charge in [-0.3, -0.25) is 82.7 Å². The average Bonchev–Trinajstić information content (AvgIpc) is 0.866. The van der Waals surface area contributed by atoms with Gasteiger partial charge in [0, 0.05) is 32.4 Å². The molecule has 0 radical (unpaired) electrons. The van der Waals surface area contributed by atoms with Crippen LogP contribution in [-0.2, 0) is 91.2 Å². The van der Waals surface area contributed by atoms with Crippen LogP contribution in [0.1, 0.15) is 82.9 Å². The Hall–Kier alpha value is -12.3. The zero-order valence-electron chi connectivity index (χ0n) is 59.8. The Morgan fingerprint density at radius 1 is 0.398 bits per heavy atom. The van der Waals surface area contributed by atoms with Gasteiger partial charge in [-0.15, -0.1) is 0 Å². The van der Waals surface area contributed by atoms with E-state index in [0.717, 1.165) is 0 Å². The van der Waals surface area contributed by atoms with Crippen molar-refractivity contribution >= 4 is 101 Å². The summed E-state index contributed by atoms with van der Waals surface area (Å²) in [7, 11) is 0. The van der Waals surface area contributed by atoms with Gasteiger partial charge in [0.25, 0.3) is 0 Å². The van der Waals surface area contributed by atoms with Crippen molar-refractivity contribution in [2.45, 2.75) is 152 Å². The number of carboxylic acid groups (broad SMARTS) is 2. The van der Waals surface area contributed by atoms with Crippen LogP contribution in [0, 0.1) is 16.7 Å². The number of guanidine groups is 2. The van der Waals surface area contributed by atoms with Crippen LogP contribution < -0.4 is 97.0 Å². The van der Waals surface area contributed by atoms with Crippen LogP contribution >= 0.6 is 0 Å². The van der Waals surface area contributed by atoms with Crippen LogP contribution in [0.25, 0.3) is 0 Å². The molecular weight excluding hydrogens is 1420 g/mol. The Morgan fingerprint density at radius 2 is 0.759 bits per heavy atom. The first-order chi connectivity index (χ1) is 51.1. The Labute approximate surface area is 619 Å². The Morgan fingerprint density at radius 3 is 1.20 bits per heavy atom. The largest absolute Gasteiger partial charge is 0.508 e. The van der Waals surface area contributed by atoms with Gasteiger partial charge in [-0.1, -0.05) is 74.9 Å². The molecule has 12 atom stereocenters. The third-order valence-corrected chi connectivity index (χ3v) is 16.2. The van der Waals surface area contributed by atoms with Gasteiger partial charge in [0.2, 0.25) is 76.8 Å². The molecular formula is C67H98N20O21. The van der Waals surface area contributed by atoms with E-state index in [2.05, 4.69) is 79.8 Å². The number of rotatable bonds is 47. The van der Waals surface area contributed by atoms with Crippen LogP contribution in [0.5, 0.6) is 11.5 Å². The van der Waals surface area contributed by atoms with Gasteiger partial charge >= 0.3 is 11.9 Å². The number of hydrogen-bond acceptors (Lipinski definition) is 22. The average molecular weight is 1520 g/mol. The van der Waals surface area contributed by atoms with Crippen LogP contribution in [-0.4, -0.2) is 244 Å². The fourth-order valence-corrected chi connectivity index (χ4v) is 10.0. The number of phenols is 2. The molecule has 0 aliphatic heterocycles. The molecule has 41 heteroatoms. The van der Waals surface area contributed by atoms with E-state index in [0.29, 0.717) is 23.1 Å². The Bertz CT molecular complexity index is 3610. The lowest BCUT2D eigenvalue weighted by molar-refractivity contribution is -0.141. The van der Waals surface area contributed by atoms with E-state index in [-0.39, 0.29) is 69.5 Å². The highest BCUT2D eigenvalue weighted by atomic mass is 16.4. The molecule has 0 spiro atoms. The number of phenolic OH excluding ortho intramolecular Hbond substituents is 2. The maximum atomic E-state index is 14.6. The van der Waals surface area contributed by atoms with E-state index in [1.807, 2.05) is 0 Å². The third-order valence-electron chi connectivity index (χ3n) is 16.2. The van der Waals surface area contributed by atoms with E-state index in [1.54, 1.807) is 44.2 Å². The van der Waals surface area contributed by atoms with Crippen molar-refractivity contribution in [1.82, 2.24) is 79.8 Å². The molecule has 108 heavy (non-hydrogen) atoms. The van der Waals surface area contributed by atoms with Crippen LogP contribution in [0.3, 0.4) is 0 Å². The first-order valence-electron chi connectivity index (χ1n) is 34.1. The number of carbonyl (C=O) groups excluding carboxylic acids is 13. The van der Waals surface area contributed by atoms with Crippen molar-refractivity contribution in [2.75, 3.05) is 45.9 Å². The molecule has 0 saturated carbocycles. The van der Waals surface area contributed by atoms with Crippen molar-refractivity contribution in [3.63, 3.8) is 0 Å². The normalized spacial score (nSPS) is 14.1. The molecule has 3 rings (SSSR count). The van der Waals surface area contributed by atoms with Gasteiger partial charge in [-0.05, 0) is 86.4 Å². The first-order valence-corrected chi connectivity index (χ1v) is 34.1. The number of aliphatic hydroxyl groups excluding tert-OH is 2. The highest BCUT2D eigenvalue weighted by Gasteiger charge is 2.37. The third kappa shape index (κ3) is 33.2. The van der Waals surface area contributed by atoms with Gasteiger partial charge in [-0.2, -0.15) is 0 Å². The van der Waals surface area contributed by atoms with Gasteiger partial charge < -0.3 is 128 Å². The molecule has 0 aliphatic rings. The smallest absolute Gasteiger partial charge is 0.322 e. The molecule has 0 fully saturated rings. The van der Waals surface area contributed by atoms with Crippen molar-refractivity contribution in [3.05, 3.63) is 95.6 Å². The minimum Gasteiger partial charge on any atom is -0.508 e. The summed E-state index contributed by atoms with van der Waals surface area (Å²) < 4.78 is 0. The fraction of sp³-hybridized carbons (Fsp3) is 0.478. The molecule has 13 amide bonds. The number of aliphatic carboxylic acids is 2. The number of carbonyl (C=O) groups is 15. The second-order valence-corrected chi connectivity index (χ2v) is 24.8. The number of benzene rings is 3. The van der Waals surface area contributed by atoms with E-state index in [9.17, 15) is 103 Å². The summed E-state index contributed by atoms with van der Waals surface area (Å²) in [5.74, 6) is -18.0. The summed E-state index contributed by atoms with van der Waals surface area (Å²) in [5, 5.41) is 110. The molecule has 592 valence electrons. The first kappa shape index (κ1) is 89.9. The van der Waals surface area contributed by atoms with Crippen molar-refractivity contribution < 1.29 is 103 Å². The number of carboxylic acids is 2. The van der Waals surface area contributed by atoms with Gasteiger partial charge in [0.1, 0.15) is 84.5 Å². The number of nitrogens with one attached hydrogen (secondary N) is 17. The highest BCUT2D eigenvalue weighted by molar-refractivity contribution is 6.00. The molecule has 0 heterocycles. The molecule has 0 bridgehead atoms.